The fourth-order valence-electron chi connectivity index (χ4n) is 2.84. The standard InChI is InChI=1S/C20H20Cl2N2O2/c1-12-10-16(12)19(25)23-15-8-6-13(7-9-15)20(26)24(2)11-14-4-3-5-17(21)18(14)22/h3-9,12,16H,10-11H2,1-2H3,(H,23,25). The number of benzene rings is 2. The Labute approximate surface area is 163 Å². The molecule has 1 fully saturated rings. The van der Waals surface area contributed by atoms with Gasteiger partial charge in [-0.05, 0) is 48.2 Å². The number of nitrogens with one attached hydrogen (secondary N) is 1. The third kappa shape index (κ3) is 4.19. The highest BCUT2D eigenvalue weighted by Gasteiger charge is 2.39. The second kappa shape index (κ2) is 7.68. The maximum Gasteiger partial charge on any atom is 0.253 e. The maximum atomic E-state index is 12.6. The molecule has 2 aromatic carbocycles. The summed E-state index contributed by atoms with van der Waals surface area (Å²) in [6.45, 7) is 2.42. The minimum atomic E-state index is -0.130. The summed E-state index contributed by atoms with van der Waals surface area (Å²) in [6, 6.07) is 12.3. The zero-order valence-corrected chi connectivity index (χ0v) is 16.1. The Morgan fingerprint density at radius 3 is 2.42 bits per heavy atom. The molecule has 2 atom stereocenters. The van der Waals surface area contributed by atoms with Crippen molar-refractivity contribution in [1.82, 2.24) is 4.90 Å². The minimum Gasteiger partial charge on any atom is -0.337 e. The first-order chi connectivity index (χ1) is 12.4. The van der Waals surface area contributed by atoms with Crippen molar-refractivity contribution in [1.29, 1.82) is 0 Å². The Bertz CT molecular complexity index is 836. The van der Waals surface area contributed by atoms with E-state index < -0.39 is 0 Å². The Hall–Kier alpha value is -2.04. The van der Waals surface area contributed by atoms with Crippen molar-refractivity contribution in [2.45, 2.75) is 19.9 Å². The van der Waals surface area contributed by atoms with Crippen LogP contribution < -0.4 is 5.32 Å². The molecule has 2 amide bonds. The molecule has 1 aliphatic carbocycles. The van der Waals surface area contributed by atoms with E-state index >= 15 is 0 Å². The van der Waals surface area contributed by atoms with Crippen LogP contribution in [0.5, 0.6) is 0 Å². The fourth-order valence-corrected chi connectivity index (χ4v) is 3.22. The first kappa shape index (κ1) is 18.7. The van der Waals surface area contributed by atoms with E-state index in [4.69, 9.17) is 23.2 Å². The number of carbonyl (C=O) groups is 2. The number of hydrogen-bond acceptors (Lipinski definition) is 2. The molecule has 1 aliphatic rings. The number of carbonyl (C=O) groups excluding carboxylic acids is 2. The molecule has 2 aromatic rings. The topological polar surface area (TPSA) is 49.4 Å². The minimum absolute atomic E-state index is 0.0456. The van der Waals surface area contributed by atoms with Crippen LogP contribution in [0.25, 0.3) is 0 Å². The second-order valence-electron chi connectivity index (χ2n) is 6.76. The molecule has 136 valence electrons. The Kier molecular flexibility index (Phi) is 5.54. The lowest BCUT2D eigenvalue weighted by Crippen LogP contribution is -2.26. The van der Waals surface area contributed by atoms with Gasteiger partial charge in [-0.1, -0.05) is 42.3 Å². The first-order valence-corrected chi connectivity index (χ1v) is 9.21. The van der Waals surface area contributed by atoms with Gasteiger partial charge in [0.1, 0.15) is 0 Å². The van der Waals surface area contributed by atoms with E-state index in [1.807, 2.05) is 6.07 Å². The first-order valence-electron chi connectivity index (χ1n) is 8.46. The molecule has 0 aromatic heterocycles. The molecule has 6 heteroatoms. The summed E-state index contributed by atoms with van der Waals surface area (Å²) in [4.78, 5) is 26.1. The lowest BCUT2D eigenvalue weighted by Gasteiger charge is -2.18. The lowest BCUT2D eigenvalue weighted by molar-refractivity contribution is -0.117. The van der Waals surface area contributed by atoms with Gasteiger partial charge >= 0.3 is 0 Å². The quantitative estimate of drug-likeness (QED) is 0.792. The van der Waals surface area contributed by atoms with Crippen LogP contribution in [0.1, 0.15) is 29.3 Å². The van der Waals surface area contributed by atoms with Crippen LogP contribution >= 0.6 is 23.2 Å². The Morgan fingerprint density at radius 1 is 1.15 bits per heavy atom. The molecular formula is C20H20Cl2N2O2. The molecule has 0 radical (unpaired) electrons. The number of rotatable bonds is 5. The van der Waals surface area contributed by atoms with E-state index in [0.717, 1.165) is 12.0 Å². The van der Waals surface area contributed by atoms with Crippen LogP contribution in [-0.4, -0.2) is 23.8 Å². The molecule has 0 bridgehead atoms. The molecule has 0 aliphatic heterocycles. The zero-order chi connectivity index (χ0) is 18.8. The van der Waals surface area contributed by atoms with Crippen molar-refractivity contribution in [2.24, 2.45) is 11.8 Å². The van der Waals surface area contributed by atoms with Crippen molar-refractivity contribution >= 4 is 40.7 Å². The normalized spacial score (nSPS) is 18.3. The highest BCUT2D eigenvalue weighted by molar-refractivity contribution is 6.42. The summed E-state index contributed by atoms with van der Waals surface area (Å²) in [5.74, 6) is 0.492. The van der Waals surface area contributed by atoms with Gasteiger partial charge in [-0.2, -0.15) is 0 Å². The van der Waals surface area contributed by atoms with Gasteiger partial charge in [0.25, 0.3) is 5.91 Å². The molecule has 26 heavy (non-hydrogen) atoms. The Morgan fingerprint density at radius 2 is 1.81 bits per heavy atom. The van der Waals surface area contributed by atoms with Crippen molar-refractivity contribution in [3.63, 3.8) is 0 Å². The highest BCUT2D eigenvalue weighted by Crippen LogP contribution is 2.38. The third-order valence-electron chi connectivity index (χ3n) is 4.63. The summed E-state index contributed by atoms with van der Waals surface area (Å²) in [7, 11) is 1.71. The van der Waals surface area contributed by atoms with Crippen molar-refractivity contribution in [3.05, 3.63) is 63.6 Å². The predicted octanol–water partition coefficient (Wildman–Crippen LogP) is 4.86. The van der Waals surface area contributed by atoms with E-state index in [1.165, 1.54) is 0 Å². The fraction of sp³-hybridized carbons (Fsp3) is 0.300. The van der Waals surface area contributed by atoms with Crippen molar-refractivity contribution < 1.29 is 9.59 Å². The molecule has 3 rings (SSSR count). The van der Waals surface area contributed by atoms with Gasteiger partial charge < -0.3 is 10.2 Å². The molecule has 1 saturated carbocycles. The summed E-state index contributed by atoms with van der Waals surface area (Å²) in [5.41, 5.74) is 2.03. The molecule has 2 unspecified atom stereocenters. The largest absolute Gasteiger partial charge is 0.337 e. The van der Waals surface area contributed by atoms with Gasteiger partial charge in [0.2, 0.25) is 5.91 Å². The van der Waals surface area contributed by atoms with Gasteiger partial charge in [-0.15, -0.1) is 0 Å². The van der Waals surface area contributed by atoms with Crippen molar-refractivity contribution in [3.8, 4) is 0 Å². The van der Waals surface area contributed by atoms with E-state index in [0.29, 0.717) is 33.8 Å². The predicted molar refractivity (Wildman–Crippen MR) is 105 cm³/mol. The molecular weight excluding hydrogens is 371 g/mol. The highest BCUT2D eigenvalue weighted by atomic mass is 35.5. The van der Waals surface area contributed by atoms with Crippen LogP contribution in [-0.2, 0) is 11.3 Å². The number of halogens is 2. The summed E-state index contributed by atoms with van der Waals surface area (Å²) in [5, 5.41) is 3.81. The smallest absolute Gasteiger partial charge is 0.253 e. The van der Waals surface area contributed by atoms with Gasteiger partial charge in [-0.25, -0.2) is 0 Å². The van der Waals surface area contributed by atoms with E-state index in [9.17, 15) is 9.59 Å². The monoisotopic (exact) mass is 390 g/mol. The Balaban J connectivity index is 1.63. The number of anilines is 1. The summed E-state index contributed by atoms with van der Waals surface area (Å²) in [6.07, 6.45) is 0.944. The SMILES string of the molecule is CC1CC1C(=O)Nc1ccc(C(=O)N(C)Cc2cccc(Cl)c2Cl)cc1. The van der Waals surface area contributed by atoms with Gasteiger partial charge in [0.15, 0.2) is 0 Å². The van der Waals surface area contributed by atoms with Gasteiger partial charge in [0.05, 0.1) is 10.0 Å². The van der Waals surface area contributed by atoms with E-state index in [-0.39, 0.29) is 17.7 Å². The number of hydrogen-bond donors (Lipinski definition) is 1. The molecule has 1 N–H and O–H groups in total. The number of amides is 2. The summed E-state index contributed by atoms with van der Waals surface area (Å²) >= 11 is 12.2. The van der Waals surface area contributed by atoms with Crippen LogP contribution in [0.4, 0.5) is 5.69 Å². The van der Waals surface area contributed by atoms with E-state index in [1.54, 1.807) is 48.3 Å². The third-order valence-corrected chi connectivity index (χ3v) is 5.49. The van der Waals surface area contributed by atoms with Crippen LogP contribution in [0.2, 0.25) is 10.0 Å². The average Bonchev–Trinajstić information content (AvgIpc) is 3.36. The van der Waals surface area contributed by atoms with E-state index in [2.05, 4.69) is 12.2 Å². The number of nitrogens with zero attached hydrogens (tertiary/aromatic N) is 1. The molecule has 4 nitrogen and oxygen atoms in total. The molecule has 0 spiro atoms. The van der Waals surface area contributed by atoms with Gasteiger partial charge in [-0.3, -0.25) is 9.59 Å². The van der Waals surface area contributed by atoms with Crippen LogP contribution in [0.15, 0.2) is 42.5 Å². The maximum absolute atomic E-state index is 12.6. The van der Waals surface area contributed by atoms with Crippen molar-refractivity contribution in [2.75, 3.05) is 12.4 Å². The van der Waals surface area contributed by atoms with Crippen LogP contribution in [0.3, 0.4) is 0 Å². The second-order valence-corrected chi connectivity index (χ2v) is 7.55. The van der Waals surface area contributed by atoms with Crippen LogP contribution in [0, 0.1) is 11.8 Å². The summed E-state index contributed by atoms with van der Waals surface area (Å²) < 4.78 is 0. The molecule has 0 saturated heterocycles. The van der Waals surface area contributed by atoms with Gasteiger partial charge in [0, 0.05) is 30.8 Å². The zero-order valence-electron chi connectivity index (χ0n) is 14.6. The molecule has 0 heterocycles. The lowest BCUT2D eigenvalue weighted by atomic mass is 10.1. The average molecular weight is 391 g/mol.